The van der Waals surface area contributed by atoms with Gasteiger partial charge in [0.1, 0.15) is 0 Å². The molecule has 3 nitrogen and oxygen atoms in total. The molecule has 0 radical (unpaired) electrons. The van der Waals surface area contributed by atoms with Gasteiger partial charge in [-0.25, -0.2) is 0 Å². The van der Waals surface area contributed by atoms with Crippen LogP contribution in [0.1, 0.15) is 28.3 Å². The van der Waals surface area contributed by atoms with Gasteiger partial charge in [0.25, 0.3) is 0 Å². The van der Waals surface area contributed by atoms with E-state index in [1.807, 2.05) is 6.07 Å². The maximum Gasteiger partial charge on any atom is 0.313 e. The molecule has 21 heavy (non-hydrogen) atoms. The highest BCUT2D eigenvalue weighted by atomic mass is 35.5. The maximum absolute atomic E-state index is 12.3. The van der Waals surface area contributed by atoms with Crippen molar-refractivity contribution in [2.24, 2.45) is 0 Å². The van der Waals surface area contributed by atoms with Crippen LogP contribution in [0.25, 0.3) is 0 Å². The molecule has 0 saturated carbocycles. The molecule has 0 heterocycles. The molecule has 2 aromatic rings. The Balaban J connectivity index is 2.28. The second kappa shape index (κ2) is 7.04. The van der Waals surface area contributed by atoms with Crippen molar-refractivity contribution in [2.45, 2.75) is 12.3 Å². The van der Waals surface area contributed by atoms with E-state index in [-0.39, 0.29) is 12.2 Å². The van der Waals surface area contributed by atoms with Gasteiger partial charge in [0.15, 0.2) is 5.78 Å². The smallest absolute Gasteiger partial charge is 0.313 e. The topological polar surface area (TPSA) is 43.4 Å². The number of Topliss-reactive ketones (excluding diaryl/α,β-unsaturated/α-hetero) is 1. The Morgan fingerprint density at radius 2 is 1.67 bits per heavy atom. The van der Waals surface area contributed by atoms with Gasteiger partial charge in [0, 0.05) is 17.0 Å². The summed E-state index contributed by atoms with van der Waals surface area (Å²) in [6, 6.07) is 15.9. The zero-order valence-corrected chi connectivity index (χ0v) is 12.3. The maximum atomic E-state index is 12.3. The number of hydrogen-bond donors (Lipinski definition) is 0. The number of benzene rings is 2. The summed E-state index contributed by atoms with van der Waals surface area (Å²) in [7, 11) is 1.30. The van der Waals surface area contributed by atoms with E-state index in [2.05, 4.69) is 0 Å². The van der Waals surface area contributed by atoms with Crippen LogP contribution in [0.3, 0.4) is 0 Å². The lowest BCUT2D eigenvalue weighted by Gasteiger charge is -2.15. The lowest BCUT2D eigenvalue weighted by atomic mass is 9.91. The molecule has 0 aliphatic rings. The van der Waals surface area contributed by atoms with E-state index in [0.717, 1.165) is 0 Å². The number of methoxy groups -OCH3 is 1. The Bertz CT molecular complexity index is 637. The molecule has 0 aliphatic carbocycles. The summed E-state index contributed by atoms with van der Waals surface area (Å²) >= 11 is 6.13. The zero-order chi connectivity index (χ0) is 15.2. The molecule has 4 heteroatoms. The fraction of sp³-hybridized carbons (Fsp3) is 0.176. The monoisotopic (exact) mass is 302 g/mol. The minimum absolute atomic E-state index is 0.0282. The number of esters is 1. The number of rotatable bonds is 5. The predicted octanol–water partition coefficient (Wildman–Crippen LogP) is 3.87. The largest absolute Gasteiger partial charge is 0.469 e. The third-order valence-corrected chi connectivity index (χ3v) is 3.60. The van der Waals surface area contributed by atoms with Crippen LogP contribution < -0.4 is 0 Å². The average Bonchev–Trinajstić information content (AvgIpc) is 2.53. The molecule has 0 fully saturated rings. The van der Waals surface area contributed by atoms with E-state index in [1.165, 1.54) is 7.11 Å². The normalized spacial score (nSPS) is 11.7. The van der Waals surface area contributed by atoms with Crippen molar-refractivity contribution in [2.75, 3.05) is 7.11 Å². The number of ether oxygens (including phenoxy) is 1. The molecule has 0 aromatic heterocycles. The summed E-state index contributed by atoms with van der Waals surface area (Å²) < 4.78 is 4.81. The lowest BCUT2D eigenvalue weighted by Crippen LogP contribution is -2.18. The van der Waals surface area contributed by atoms with Gasteiger partial charge in [-0.3, -0.25) is 9.59 Å². The average molecular weight is 303 g/mol. The van der Waals surface area contributed by atoms with Gasteiger partial charge >= 0.3 is 5.97 Å². The van der Waals surface area contributed by atoms with Crippen LogP contribution in [0.2, 0.25) is 5.02 Å². The van der Waals surface area contributed by atoms with Crippen LogP contribution in [0.5, 0.6) is 0 Å². The molecular formula is C17H15ClO3. The van der Waals surface area contributed by atoms with Crippen molar-refractivity contribution >= 4 is 23.4 Å². The first-order chi connectivity index (χ1) is 10.1. The SMILES string of the molecule is COC(=O)[C@H](CC(=O)c1ccccc1)c1ccccc1Cl. The quantitative estimate of drug-likeness (QED) is 0.622. The van der Waals surface area contributed by atoms with Crippen molar-refractivity contribution in [1.82, 2.24) is 0 Å². The van der Waals surface area contributed by atoms with Gasteiger partial charge in [0.2, 0.25) is 0 Å². The van der Waals surface area contributed by atoms with Crippen LogP contribution >= 0.6 is 11.6 Å². The van der Waals surface area contributed by atoms with E-state index >= 15 is 0 Å². The Kier molecular flexibility index (Phi) is 5.12. The first-order valence-electron chi connectivity index (χ1n) is 6.54. The second-order valence-electron chi connectivity index (χ2n) is 4.59. The van der Waals surface area contributed by atoms with Gasteiger partial charge in [-0.2, -0.15) is 0 Å². The second-order valence-corrected chi connectivity index (χ2v) is 5.00. The Hall–Kier alpha value is -2.13. The van der Waals surface area contributed by atoms with E-state index in [9.17, 15) is 9.59 Å². The summed E-state index contributed by atoms with van der Waals surface area (Å²) in [4.78, 5) is 24.3. The van der Waals surface area contributed by atoms with Crippen LogP contribution in [0, 0.1) is 0 Å². The van der Waals surface area contributed by atoms with Crippen LogP contribution in [0.15, 0.2) is 54.6 Å². The molecule has 2 rings (SSSR count). The highest BCUT2D eigenvalue weighted by Crippen LogP contribution is 2.29. The minimum Gasteiger partial charge on any atom is -0.469 e. The van der Waals surface area contributed by atoms with Gasteiger partial charge < -0.3 is 4.74 Å². The first kappa shape index (κ1) is 15.3. The van der Waals surface area contributed by atoms with E-state index in [0.29, 0.717) is 16.1 Å². The summed E-state index contributed by atoms with van der Waals surface area (Å²) in [5.74, 6) is -1.28. The summed E-state index contributed by atoms with van der Waals surface area (Å²) in [5.41, 5.74) is 1.17. The van der Waals surface area contributed by atoms with Crippen LogP contribution in [-0.2, 0) is 9.53 Å². The van der Waals surface area contributed by atoms with Crippen molar-refractivity contribution in [3.8, 4) is 0 Å². The van der Waals surface area contributed by atoms with E-state index in [4.69, 9.17) is 16.3 Å². The van der Waals surface area contributed by atoms with Crippen LogP contribution in [0.4, 0.5) is 0 Å². The van der Waals surface area contributed by atoms with Crippen LogP contribution in [-0.4, -0.2) is 18.9 Å². The Labute approximate surface area is 128 Å². The van der Waals surface area contributed by atoms with E-state index < -0.39 is 11.9 Å². The third kappa shape index (κ3) is 3.70. The van der Waals surface area contributed by atoms with Gasteiger partial charge in [-0.1, -0.05) is 60.1 Å². The molecule has 1 atom stereocenters. The van der Waals surface area contributed by atoms with Crippen molar-refractivity contribution < 1.29 is 14.3 Å². The third-order valence-electron chi connectivity index (χ3n) is 3.25. The molecule has 0 aliphatic heterocycles. The Morgan fingerprint density at radius 3 is 2.29 bits per heavy atom. The summed E-state index contributed by atoms with van der Waals surface area (Å²) in [6.07, 6.45) is 0.0282. The van der Waals surface area contributed by atoms with Gasteiger partial charge in [0.05, 0.1) is 13.0 Å². The standard InChI is InChI=1S/C17H15ClO3/c1-21-17(20)14(13-9-5-6-10-15(13)18)11-16(19)12-7-3-2-4-8-12/h2-10,14H,11H2,1H3/t14-/m1/s1. The van der Waals surface area contributed by atoms with E-state index in [1.54, 1.807) is 48.5 Å². The number of hydrogen-bond acceptors (Lipinski definition) is 3. The molecular weight excluding hydrogens is 288 g/mol. The zero-order valence-electron chi connectivity index (χ0n) is 11.6. The molecule has 2 aromatic carbocycles. The summed E-state index contributed by atoms with van der Waals surface area (Å²) in [6.45, 7) is 0. The number of ketones is 1. The molecule has 0 bridgehead atoms. The molecule has 0 unspecified atom stereocenters. The Morgan fingerprint density at radius 1 is 1.05 bits per heavy atom. The molecule has 0 saturated heterocycles. The molecule has 0 N–H and O–H groups in total. The molecule has 0 amide bonds. The first-order valence-corrected chi connectivity index (χ1v) is 6.91. The van der Waals surface area contributed by atoms with Gasteiger partial charge in [-0.05, 0) is 11.6 Å². The van der Waals surface area contributed by atoms with Gasteiger partial charge in [-0.15, -0.1) is 0 Å². The van der Waals surface area contributed by atoms with Crippen molar-refractivity contribution in [3.05, 3.63) is 70.7 Å². The minimum atomic E-state index is -0.698. The number of carbonyl (C=O) groups excluding carboxylic acids is 2. The highest BCUT2D eigenvalue weighted by molar-refractivity contribution is 6.31. The fourth-order valence-electron chi connectivity index (χ4n) is 2.15. The summed E-state index contributed by atoms with van der Waals surface area (Å²) in [5, 5.41) is 0.453. The molecule has 108 valence electrons. The molecule has 0 spiro atoms. The predicted molar refractivity (Wildman–Crippen MR) is 81.6 cm³/mol. The lowest BCUT2D eigenvalue weighted by molar-refractivity contribution is -0.142. The van der Waals surface area contributed by atoms with Crippen molar-refractivity contribution in [1.29, 1.82) is 0 Å². The number of halogens is 1. The van der Waals surface area contributed by atoms with Crippen molar-refractivity contribution in [3.63, 3.8) is 0 Å². The highest BCUT2D eigenvalue weighted by Gasteiger charge is 2.26. The fourth-order valence-corrected chi connectivity index (χ4v) is 2.41. The number of carbonyl (C=O) groups is 2.